The summed E-state index contributed by atoms with van der Waals surface area (Å²) in [5.74, 6) is 0.243. The van der Waals surface area contributed by atoms with Gasteiger partial charge in [-0.15, -0.1) is 0 Å². The van der Waals surface area contributed by atoms with E-state index in [2.05, 4.69) is 15.6 Å². The lowest BCUT2D eigenvalue weighted by Crippen LogP contribution is -2.79. The van der Waals surface area contributed by atoms with Crippen molar-refractivity contribution in [1.29, 1.82) is 5.41 Å². The fourth-order valence-corrected chi connectivity index (χ4v) is 4.91. The van der Waals surface area contributed by atoms with Crippen molar-refractivity contribution in [2.45, 2.75) is 37.2 Å². The van der Waals surface area contributed by atoms with Crippen LogP contribution < -0.4 is 20.3 Å². The molecule has 9 nitrogen and oxygen atoms in total. The molecule has 0 saturated carbocycles. The minimum absolute atomic E-state index is 0.0231. The molecule has 0 spiro atoms. The summed E-state index contributed by atoms with van der Waals surface area (Å²) in [6, 6.07) is 3.23. The first-order valence-electron chi connectivity index (χ1n) is 11.2. The minimum Gasteiger partial charge on any atom is -0.484 e. The molecule has 3 atom stereocenters. The van der Waals surface area contributed by atoms with Gasteiger partial charge in [0, 0.05) is 55.8 Å². The number of aliphatic hydroxyl groups excluding tert-OH is 1. The third-order valence-electron chi connectivity index (χ3n) is 6.74. The van der Waals surface area contributed by atoms with Crippen LogP contribution in [-0.4, -0.2) is 78.4 Å². The van der Waals surface area contributed by atoms with E-state index in [0.717, 1.165) is 11.8 Å². The number of aliphatic hydroxyl groups is 1. The number of rotatable bonds is 6. The molecular weight excluding hydrogens is 465 g/mol. The molecular formula is C23H25F3N6O3. The van der Waals surface area contributed by atoms with Gasteiger partial charge in [0.25, 0.3) is 5.91 Å². The van der Waals surface area contributed by atoms with Crippen LogP contribution in [0.2, 0.25) is 0 Å². The van der Waals surface area contributed by atoms with Crippen molar-refractivity contribution in [3.05, 3.63) is 41.4 Å². The number of hydrogen-bond donors (Lipinski definition) is 4. The highest BCUT2D eigenvalue weighted by atomic mass is 19.4. The topological polar surface area (TPSA) is 113 Å². The van der Waals surface area contributed by atoms with E-state index in [1.54, 1.807) is 31.3 Å². The maximum Gasteiger partial charge on any atom is 0.401 e. The van der Waals surface area contributed by atoms with Crippen LogP contribution in [0.3, 0.4) is 0 Å². The van der Waals surface area contributed by atoms with Crippen molar-refractivity contribution in [2.24, 2.45) is 4.99 Å². The molecule has 35 heavy (non-hydrogen) atoms. The Balaban J connectivity index is 1.42. The van der Waals surface area contributed by atoms with Crippen LogP contribution in [0.5, 0.6) is 5.75 Å². The molecule has 1 aromatic carbocycles. The van der Waals surface area contributed by atoms with Gasteiger partial charge in [-0.1, -0.05) is 0 Å². The van der Waals surface area contributed by atoms with Crippen molar-refractivity contribution in [3.8, 4) is 5.75 Å². The van der Waals surface area contributed by atoms with Gasteiger partial charge in [0.05, 0.1) is 36.1 Å². The molecule has 12 heteroatoms. The van der Waals surface area contributed by atoms with Crippen molar-refractivity contribution in [1.82, 2.24) is 10.2 Å². The maximum atomic E-state index is 13.1. The van der Waals surface area contributed by atoms with Crippen LogP contribution in [0, 0.1) is 5.41 Å². The van der Waals surface area contributed by atoms with Crippen molar-refractivity contribution in [2.75, 3.05) is 36.5 Å². The molecule has 5 rings (SSSR count). The van der Waals surface area contributed by atoms with Crippen LogP contribution in [-0.2, 0) is 11.2 Å². The van der Waals surface area contributed by atoms with Gasteiger partial charge < -0.3 is 30.8 Å². The molecule has 4 aliphatic heterocycles. The number of fused-ring (bicyclic) bond motifs is 2. The van der Waals surface area contributed by atoms with Crippen LogP contribution in [0.15, 0.2) is 40.8 Å². The molecule has 0 aliphatic carbocycles. The number of carbonyl (C=O) groups excluding carboxylic acids is 1. The number of amides is 1. The fraction of sp³-hybridized carbons (Fsp3) is 0.435. The highest BCUT2D eigenvalue weighted by molar-refractivity contribution is 6.18. The van der Waals surface area contributed by atoms with Crippen molar-refractivity contribution >= 4 is 29.7 Å². The van der Waals surface area contributed by atoms with E-state index in [9.17, 15) is 23.1 Å². The highest BCUT2D eigenvalue weighted by Gasteiger charge is 2.54. The molecule has 1 amide bonds. The molecule has 186 valence electrons. The number of nitrogens with zero attached hydrogens (tertiary/aromatic N) is 3. The number of allylic oxidation sites excluding steroid dienone is 1. The van der Waals surface area contributed by atoms with Crippen LogP contribution in [0.4, 0.5) is 24.5 Å². The first-order valence-corrected chi connectivity index (χ1v) is 11.2. The monoisotopic (exact) mass is 490 g/mol. The number of alkyl halides is 3. The van der Waals surface area contributed by atoms with Crippen LogP contribution >= 0.6 is 0 Å². The van der Waals surface area contributed by atoms with E-state index in [1.807, 2.05) is 4.90 Å². The summed E-state index contributed by atoms with van der Waals surface area (Å²) >= 11 is 0. The average molecular weight is 490 g/mol. The predicted octanol–water partition coefficient (Wildman–Crippen LogP) is 1.79. The number of hydrogen-bond acceptors (Lipinski definition) is 8. The normalized spacial score (nSPS) is 28.2. The van der Waals surface area contributed by atoms with E-state index in [0.29, 0.717) is 30.1 Å². The first-order chi connectivity index (χ1) is 16.6. The number of nitrogens with one attached hydrogen (secondary N) is 3. The number of carbonyl (C=O) groups is 1. The number of likely N-dealkylation sites (tertiary alicyclic amines) is 1. The Bertz CT molecular complexity index is 1160. The van der Waals surface area contributed by atoms with Gasteiger partial charge >= 0.3 is 6.18 Å². The number of piperazine rings is 1. The molecule has 0 aromatic heterocycles. The second kappa shape index (κ2) is 8.38. The largest absolute Gasteiger partial charge is 0.484 e. The molecule has 2 saturated heterocycles. The Morgan fingerprint density at radius 1 is 1.40 bits per heavy atom. The summed E-state index contributed by atoms with van der Waals surface area (Å²) in [7, 11) is 0. The standard InChI is InChI=1S/C23H25F3N6O3/c1-22(12-33)7-13-5-15(30-21(34)14(8-27)20-28-3-2-4-29-20)16(6-19(13)35-22)32-10-17-18(32)9-31(17)11-23(24,25)26/h2-6,8,17-18,27-28,33H,7,9-12H2,1H3,(H,30,34)/b20-14-,27-8?/t17-,18?,22+/m1/s1. The average Bonchev–Trinajstić information content (AvgIpc) is 3.13. The summed E-state index contributed by atoms with van der Waals surface area (Å²) in [6.07, 6.45) is 1.84. The number of ether oxygens (including phenoxy) is 1. The van der Waals surface area contributed by atoms with Gasteiger partial charge in [0.2, 0.25) is 0 Å². The summed E-state index contributed by atoms with van der Waals surface area (Å²) in [4.78, 5) is 20.6. The smallest absolute Gasteiger partial charge is 0.401 e. The maximum absolute atomic E-state index is 13.1. The van der Waals surface area contributed by atoms with E-state index in [1.165, 1.54) is 11.1 Å². The molecule has 1 unspecified atom stereocenters. The van der Waals surface area contributed by atoms with E-state index in [4.69, 9.17) is 10.1 Å². The lowest BCUT2D eigenvalue weighted by molar-refractivity contribution is -0.170. The zero-order chi connectivity index (χ0) is 25.0. The zero-order valence-electron chi connectivity index (χ0n) is 18.9. The SMILES string of the molecule is C[C@@]1(CO)Cc2cc(NC(=O)/C(C=N)=C3\N=CC=CN3)c(N3C[C@@H]4C3CN4CC(F)(F)F)cc2O1. The minimum atomic E-state index is -4.25. The lowest BCUT2D eigenvalue weighted by atomic mass is 9.84. The van der Waals surface area contributed by atoms with Crippen LogP contribution in [0.25, 0.3) is 0 Å². The lowest BCUT2D eigenvalue weighted by Gasteiger charge is -2.63. The summed E-state index contributed by atoms with van der Waals surface area (Å²) in [6.45, 7) is 1.30. The van der Waals surface area contributed by atoms with Gasteiger partial charge in [0.1, 0.15) is 17.2 Å². The van der Waals surface area contributed by atoms with Crippen molar-refractivity contribution in [3.63, 3.8) is 0 Å². The third kappa shape index (κ3) is 4.27. The Kier molecular flexibility index (Phi) is 5.59. The predicted molar refractivity (Wildman–Crippen MR) is 124 cm³/mol. The molecule has 0 bridgehead atoms. The number of aliphatic imine (C=N–C) groups is 1. The second-order valence-corrected chi connectivity index (χ2v) is 9.34. The van der Waals surface area contributed by atoms with Gasteiger partial charge in [-0.25, -0.2) is 4.99 Å². The fourth-order valence-electron chi connectivity index (χ4n) is 4.91. The summed E-state index contributed by atoms with van der Waals surface area (Å²) in [5.41, 5.74) is 1.11. The Labute approximate surface area is 199 Å². The number of halogens is 3. The van der Waals surface area contributed by atoms with Gasteiger partial charge in [0.15, 0.2) is 0 Å². The highest BCUT2D eigenvalue weighted by Crippen LogP contribution is 2.46. The Morgan fingerprint density at radius 2 is 2.20 bits per heavy atom. The third-order valence-corrected chi connectivity index (χ3v) is 6.74. The molecule has 4 N–H and O–H groups in total. The first kappa shape index (κ1) is 23.4. The van der Waals surface area contributed by atoms with E-state index in [-0.39, 0.29) is 36.6 Å². The molecule has 4 aliphatic rings. The number of anilines is 2. The van der Waals surface area contributed by atoms with Gasteiger partial charge in [-0.3, -0.25) is 9.69 Å². The molecule has 2 fully saturated rings. The number of benzene rings is 1. The molecule has 0 radical (unpaired) electrons. The van der Waals surface area contributed by atoms with Gasteiger partial charge in [-0.2, -0.15) is 13.2 Å². The summed E-state index contributed by atoms with van der Waals surface area (Å²) < 4.78 is 44.4. The van der Waals surface area contributed by atoms with Gasteiger partial charge in [-0.05, 0) is 19.1 Å². The molecule has 1 aromatic rings. The molecule has 4 heterocycles. The summed E-state index contributed by atoms with van der Waals surface area (Å²) in [5, 5.41) is 23.1. The van der Waals surface area contributed by atoms with E-state index >= 15 is 0 Å². The second-order valence-electron chi connectivity index (χ2n) is 9.34. The van der Waals surface area contributed by atoms with Crippen molar-refractivity contribution < 1.29 is 27.8 Å². The van der Waals surface area contributed by atoms with Crippen LogP contribution in [0.1, 0.15) is 12.5 Å². The Hall–Kier alpha value is -3.38. The quantitative estimate of drug-likeness (QED) is 0.357. The van der Waals surface area contributed by atoms with E-state index < -0.39 is 24.2 Å². The Morgan fingerprint density at radius 3 is 2.80 bits per heavy atom. The zero-order valence-corrected chi connectivity index (χ0v) is 18.9.